The maximum Gasteiger partial charge on any atom is 0.227 e. The Labute approximate surface area is 146 Å². The van der Waals surface area contributed by atoms with Gasteiger partial charge in [0, 0.05) is 17.8 Å². The number of amides is 1. The predicted molar refractivity (Wildman–Crippen MR) is 93.5 cm³/mol. The lowest BCUT2D eigenvalue weighted by Crippen LogP contribution is -2.43. The summed E-state index contributed by atoms with van der Waals surface area (Å²) in [5.41, 5.74) is 7.74. The van der Waals surface area contributed by atoms with Crippen LogP contribution in [-0.4, -0.2) is 30.5 Å². The van der Waals surface area contributed by atoms with Crippen LogP contribution in [0.15, 0.2) is 48.5 Å². The second-order valence-corrected chi connectivity index (χ2v) is 5.64. The van der Waals surface area contributed by atoms with Crippen molar-refractivity contribution in [3.05, 3.63) is 65.5 Å². The highest BCUT2D eigenvalue weighted by Crippen LogP contribution is 2.24. The summed E-state index contributed by atoms with van der Waals surface area (Å²) in [6.45, 7) is 1.31. The topological polar surface area (TPSA) is 55.6 Å². The van der Waals surface area contributed by atoms with Gasteiger partial charge >= 0.3 is 0 Å². The van der Waals surface area contributed by atoms with Crippen LogP contribution in [0.4, 0.5) is 10.1 Å². The predicted octanol–water partition coefficient (Wildman–Crippen LogP) is 2.97. The fourth-order valence-corrected chi connectivity index (χ4v) is 2.72. The van der Waals surface area contributed by atoms with Crippen molar-refractivity contribution in [2.75, 3.05) is 25.4 Å². The Morgan fingerprint density at radius 1 is 1.21 bits per heavy atom. The van der Waals surface area contributed by atoms with Gasteiger partial charge < -0.3 is 15.4 Å². The molecule has 0 aromatic heterocycles. The van der Waals surface area contributed by atoms with Gasteiger partial charge in [0.2, 0.25) is 5.91 Å². The van der Waals surface area contributed by atoms with Gasteiger partial charge in [-0.05, 0) is 23.8 Å². The number of carbonyl (C=O) groups is 1. The van der Waals surface area contributed by atoms with E-state index in [0.717, 1.165) is 5.56 Å². The number of ether oxygens (including phenoxy) is 1. The molecule has 24 heavy (non-hydrogen) atoms. The average molecular weight is 351 g/mol. The van der Waals surface area contributed by atoms with E-state index in [1.807, 2.05) is 12.1 Å². The van der Waals surface area contributed by atoms with Gasteiger partial charge in [-0.3, -0.25) is 4.79 Å². The molecule has 3 rings (SSSR count). The number of halogens is 2. The standard InChI is InChI=1S/C18H19FN2O2.ClH/c19-16-4-2-1-3-15(16)17-12-21(9-10-23-17)18(22)11-13-5-7-14(20)8-6-13;/h1-8,17H,9-12,20H2;1H. The van der Waals surface area contributed by atoms with Gasteiger partial charge in [0.15, 0.2) is 0 Å². The highest BCUT2D eigenvalue weighted by Gasteiger charge is 2.26. The van der Waals surface area contributed by atoms with Gasteiger partial charge in [0.1, 0.15) is 11.9 Å². The first kappa shape index (κ1) is 18.2. The van der Waals surface area contributed by atoms with Gasteiger partial charge in [0.25, 0.3) is 0 Å². The number of nitrogens with two attached hydrogens (primary N) is 1. The van der Waals surface area contributed by atoms with Crippen LogP contribution in [-0.2, 0) is 16.0 Å². The van der Waals surface area contributed by atoms with Crippen molar-refractivity contribution in [2.45, 2.75) is 12.5 Å². The summed E-state index contributed by atoms with van der Waals surface area (Å²) in [6.07, 6.45) is -0.107. The van der Waals surface area contributed by atoms with Crippen LogP contribution in [0.5, 0.6) is 0 Å². The third-order valence-corrected chi connectivity index (χ3v) is 4.01. The fraction of sp³-hybridized carbons (Fsp3) is 0.278. The Hall–Kier alpha value is -2.11. The van der Waals surface area contributed by atoms with Crippen molar-refractivity contribution in [3.8, 4) is 0 Å². The van der Waals surface area contributed by atoms with E-state index in [0.29, 0.717) is 37.4 Å². The Balaban J connectivity index is 0.00000208. The molecule has 2 aromatic rings. The lowest BCUT2D eigenvalue weighted by molar-refractivity contribution is -0.138. The van der Waals surface area contributed by atoms with E-state index in [1.165, 1.54) is 6.07 Å². The molecule has 0 radical (unpaired) electrons. The van der Waals surface area contributed by atoms with Crippen LogP contribution in [0, 0.1) is 5.82 Å². The quantitative estimate of drug-likeness (QED) is 0.866. The zero-order valence-electron chi connectivity index (χ0n) is 13.2. The number of rotatable bonds is 3. The van der Waals surface area contributed by atoms with Crippen LogP contribution < -0.4 is 5.73 Å². The van der Waals surface area contributed by atoms with Gasteiger partial charge in [-0.25, -0.2) is 4.39 Å². The third-order valence-electron chi connectivity index (χ3n) is 4.01. The summed E-state index contributed by atoms with van der Waals surface area (Å²) in [5, 5.41) is 0. The Bertz CT molecular complexity index is 694. The number of nitrogen functional groups attached to an aromatic ring is 1. The van der Waals surface area contributed by atoms with Crippen LogP contribution in [0.3, 0.4) is 0 Å². The van der Waals surface area contributed by atoms with Gasteiger partial charge in [0.05, 0.1) is 19.6 Å². The Morgan fingerprint density at radius 2 is 1.92 bits per heavy atom. The lowest BCUT2D eigenvalue weighted by atomic mass is 10.1. The molecule has 128 valence electrons. The summed E-state index contributed by atoms with van der Waals surface area (Å²) in [6, 6.07) is 13.8. The number of morpholine rings is 1. The maximum absolute atomic E-state index is 13.9. The minimum atomic E-state index is -0.416. The monoisotopic (exact) mass is 350 g/mol. The van der Waals surface area contributed by atoms with Crippen molar-refractivity contribution in [2.24, 2.45) is 0 Å². The van der Waals surface area contributed by atoms with Crippen LogP contribution >= 0.6 is 12.4 Å². The zero-order valence-corrected chi connectivity index (χ0v) is 14.0. The highest BCUT2D eigenvalue weighted by atomic mass is 35.5. The molecule has 1 amide bonds. The van der Waals surface area contributed by atoms with E-state index in [4.69, 9.17) is 10.5 Å². The van der Waals surface area contributed by atoms with Crippen LogP contribution in [0.2, 0.25) is 0 Å². The van der Waals surface area contributed by atoms with E-state index in [-0.39, 0.29) is 24.1 Å². The summed E-state index contributed by atoms with van der Waals surface area (Å²) < 4.78 is 19.5. The SMILES string of the molecule is Cl.Nc1ccc(CC(=O)N2CCOC(c3ccccc3F)C2)cc1. The molecular weight excluding hydrogens is 331 g/mol. The van der Waals surface area contributed by atoms with Crippen molar-refractivity contribution >= 4 is 24.0 Å². The minimum Gasteiger partial charge on any atom is -0.399 e. The molecule has 1 unspecified atom stereocenters. The van der Waals surface area contributed by atoms with Gasteiger partial charge in [-0.15, -0.1) is 12.4 Å². The first-order valence-corrected chi connectivity index (χ1v) is 7.61. The molecule has 1 heterocycles. The number of hydrogen-bond donors (Lipinski definition) is 1. The third kappa shape index (κ3) is 4.24. The number of nitrogens with zero attached hydrogens (tertiary/aromatic N) is 1. The van der Waals surface area contributed by atoms with Gasteiger partial charge in [-0.2, -0.15) is 0 Å². The Morgan fingerprint density at radius 3 is 2.62 bits per heavy atom. The summed E-state index contributed by atoms with van der Waals surface area (Å²) in [7, 11) is 0. The molecule has 0 saturated carbocycles. The second-order valence-electron chi connectivity index (χ2n) is 5.64. The number of benzene rings is 2. The van der Waals surface area contributed by atoms with Crippen molar-refractivity contribution in [3.63, 3.8) is 0 Å². The molecule has 1 saturated heterocycles. The molecule has 1 atom stereocenters. The second kappa shape index (κ2) is 8.13. The molecule has 1 fully saturated rings. The highest BCUT2D eigenvalue weighted by molar-refractivity contribution is 5.85. The van der Waals surface area contributed by atoms with E-state index in [1.54, 1.807) is 35.2 Å². The first-order valence-electron chi connectivity index (χ1n) is 7.61. The summed E-state index contributed by atoms with van der Waals surface area (Å²) in [5.74, 6) is -0.287. The van der Waals surface area contributed by atoms with E-state index in [9.17, 15) is 9.18 Å². The Kier molecular flexibility index (Phi) is 6.17. The molecule has 0 bridgehead atoms. The number of anilines is 1. The van der Waals surface area contributed by atoms with E-state index >= 15 is 0 Å². The summed E-state index contributed by atoms with van der Waals surface area (Å²) in [4.78, 5) is 14.2. The maximum atomic E-state index is 13.9. The number of carbonyl (C=O) groups excluding carboxylic acids is 1. The molecule has 0 aliphatic carbocycles. The smallest absolute Gasteiger partial charge is 0.227 e. The molecular formula is C18H20ClFN2O2. The van der Waals surface area contributed by atoms with Crippen LogP contribution in [0.1, 0.15) is 17.2 Å². The average Bonchev–Trinajstić information content (AvgIpc) is 2.57. The molecule has 4 nitrogen and oxygen atoms in total. The molecule has 6 heteroatoms. The number of hydrogen-bond acceptors (Lipinski definition) is 3. The minimum absolute atomic E-state index is 0. The largest absolute Gasteiger partial charge is 0.399 e. The van der Waals surface area contributed by atoms with E-state index in [2.05, 4.69) is 0 Å². The molecule has 1 aliphatic rings. The molecule has 1 aliphatic heterocycles. The van der Waals surface area contributed by atoms with Crippen molar-refractivity contribution in [1.29, 1.82) is 0 Å². The fourth-order valence-electron chi connectivity index (χ4n) is 2.72. The van der Waals surface area contributed by atoms with E-state index < -0.39 is 6.10 Å². The van der Waals surface area contributed by atoms with Gasteiger partial charge in [-0.1, -0.05) is 30.3 Å². The molecule has 2 aromatic carbocycles. The first-order chi connectivity index (χ1) is 11.1. The van der Waals surface area contributed by atoms with Crippen molar-refractivity contribution < 1.29 is 13.9 Å². The lowest BCUT2D eigenvalue weighted by Gasteiger charge is -2.33. The normalized spacial score (nSPS) is 17.2. The molecule has 0 spiro atoms. The summed E-state index contributed by atoms with van der Waals surface area (Å²) >= 11 is 0. The zero-order chi connectivity index (χ0) is 16.2. The van der Waals surface area contributed by atoms with Crippen molar-refractivity contribution in [1.82, 2.24) is 4.90 Å². The van der Waals surface area contributed by atoms with Crippen LogP contribution in [0.25, 0.3) is 0 Å². The molecule has 2 N–H and O–H groups in total.